The van der Waals surface area contributed by atoms with Crippen molar-refractivity contribution in [2.24, 2.45) is 5.41 Å². The van der Waals surface area contributed by atoms with Crippen molar-refractivity contribution in [1.29, 1.82) is 0 Å². The minimum Gasteiger partial charge on any atom is -0.435 e. The van der Waals surface area contributed by atoms with Crippen LogP contribution >= 0.6 is 0 Å². The van der Waals surface area contributed by atoms with Gasteiger partial charge in [0.25, 0.3) is 0 Å². The molecule has 2 rings (SSSR count). The Kier molecular flexibility index (Phi) is 6.15. The van der Waals surface area contributed by atoms with Gasteiger partial charge in [0.2, 0.25) is 5.91 Å². The van der Waals surface area contributed by atoms with Crippen LogP contribution in [-0.2, 0) is 11.3 Å². The molecule has 0 aliphatic carbocycles. The molecule has 1 amide bonds. The molecule has 0 saturated carbocycles. The monoisotopic (exact) mass is 340 g/mol. The Labute approximate surface area is 142 Å². The first-order valence-corrected chi connectivity index (χ1v) is 8.31. The van der Waals surface area contributed by atoms with Gasteiger partial charge >= 0.3 is 6.61 Å². The molecule has 24 heavy (non-hydrogen) atoms. The molecular formula is C18H26F2N2O2. The predicted octanol–water partition coefficient (Wildman–Crippen LogP) is 3.37. The molecule has 0 atom stereocenters. The number of carbonyl (C=O) groups excluding carboxylic acids is 1. The molecule has 0 unspecified atom stereocenters. The van der Waals surface area contributed by atoms with Crippen molar-refractivity contribution in [2.75, 3.05) is 26.2 Å². The van der Waals surface area contributed by atoms with Crippen LogP contribution in [0.15, 0.2) is 24.3 Å². The first kappa shape index (κ1) is 18.6. The fraction of sp³-hybridized carbons (Fsp3) is 0.611. The average Bonchev–Trinajstić information content (AvgIpc) is 2.72. The van der Waals surface area contributed by atoms with Crippen LogP contribution in [0.1, 0.15) is 32.8 Å². The lowest BCUT2D eigenvalue weighted by atomic mass is 9.94. The number of carbonyl (C=O) groups is 1. The summed E-state index contributed by atoms with van der Waals surface area (Å²) >= 11 is 0. The van der Waals surface area contributed by atoms with E-state index in [0.29, 0.717) is 0 Å². The third-order valence-electron chi connectivity index (χ3n) is 4.07. The molecule has 1 saturated heterocycles. The number of halogens is 2. The fourth-order valence-electron chi connectivity index (χ4n) is 2.84. The molecule has 0 bridgehead atoms. The number of hydrogen-bond acceptors (Lipinski definition) is 3. The largest absolute Gasteiger partial charge is 0.435 e. The van der Waals surface area contributed by atoms with Crippen LogP contribution in [0.4, 0.5) is 8.78 Å². The lowest BCUT2D eigenvalue weighted by Gasteiger charge is -2.28. The molecule has 4 nitrogen and oxygen atoms in total. The zero-order valence-corrected chi connectivity index (χ0v) is 14.6. The third kappa shape index (κ3) is 5.44. The number of nitrogens with zero attached hydrogens (tertiary/aromatic N) is 2. The van der Waals surface area contributed by atoms with Gasteiger partial charge in [-0.2, -0.15) is 8.78 Å². The minimum absolute atomic E-state index is 0.173. The van der Waals surface area contributed by atoms with Crippen LogP contribution < -0.4 is 4.74 Å². The molecule has 0 N–H and O–H groups in total. The minimum atomic E-state index is -2.80. The van der Waals surface area contributed by atoms with E-state index >= 15 is 0 Å². The summed E-state index contributed by atoms with van der Waals surface area (Å²) in [4.78, 5) is 16.6. The first-order chi connectivity index (χ1) is 11.3. The van der Waals surface area contributed by atoms with Gasteiger partial charge in [-0.25, -0.2) is 0 Å². The highest BCUT2D eigenvalue weighted by atomic mass is 19.3. The Morgan fingerprint density at radius 2 is 1.79 bits per heavy atom. The van der Waals surface area contributed by atoms with Gasteiger partial charge in [-0.05, 0) is 24.1 Å². The van der Waals surface area contributed by atoms with Crippen molar-refractivity contribution < 1.29 is 18.3 Å². The highest BCUT2D eigenvalue weighted by molar-refractivity contribution is 5.81. The summed E-state index contributed by atoms with van der Waals surface area (Å²) in [6.07, 6.45) is 0.939. The molecular weight excluding hydrogens is 314 g/mol. The number of benzene rings is 1. The van der Waals surface area contributed by atoms with Gasteiger partial charge in [-0.1, -0.05) is 32.9 Å². The van der Waals surface area contributed by atoms with Crippen molar-refractivity contribution in [3.63, 3.8) is 0 Å². The summed E-state index contributed by atoms with van der Waals surface area (Å²) in [6.45, 7) is 7.03. The molecule has 0 spiro atoms. The van der Waals surface area contributed by atoms with Crippen LogP contribution in [0.25, 0.3) is 0 Å². The van der Waals surface area contributed by atoms with E-state index in [2.05, 4.69) is 9.64 Å². The number of rotatable bonds is 4. The van der Waals surface area contributed by atoms with Crippen molar-refractivity contribution in [1.82, 2.24) is 9.80 Å². The van der Waals surface area contributed by atoms with Crippen LogP contribution in [0.3, 0.4) is 0 Å². The van der Waals surface area contributed by atoms with Gasteiger partial charge in [0.05, 0.1) is 0 Å². The Balaban J connectivity index is 1.89. The third-order valence-corrected chi connectivity index (χ3v) is 4.07. The Bertz CT molecular complexity index is 541. The summed E-state index contributed by atoms with van der Waals surface area (Å²) in [5, 5.41) is 0. The molecule has 1 aromatic rings. The van der Waals surface area contributed by atoms with E-state index < -0.39 is 6.61 Å². The average molecular weight is 340 g/mol. The van der Waals surface area contributed by atoms with Gasteiger partial charge < -0.3 is 9.64 Å². The van der Waals surface area contributed by atoms with Gasteiger partial charge in [0, 0.05) is 38.1 Å². The van der Waals surface area contributed by atoms with E-state index in [1.165, 1.54) is 0 Å². The maximum atomic E-state index is 12.4. The number of hydrogen-bond donors (Lipinski definition) is 0. The van der Waals surface area contributed by atoms with E-state index in [1.54, 1.807) is 24.3 Å². The van der Waals surface area contributed by atoms with E-state index in [0.717, 1.165) is 44.7 Å². The van der Waals surface area contributed by atoms with Crippen molar-refractivity contribution in [3.8, 4) is 5.75 Å². The second-order valence-corrected chi connectivity index (χ2v) is 7.19. The highest BCUT2D eigenvalue weighted by Crippen LogP contribution is 2.20. The van der Waals surface area contributed by atoms with E-state index in [-0.39, 0.29) is 17.1 Å². The van der Waals surface area contributed by atoms with Crippen LogP contribution in [0.5, 0.6) is 5.75 Å². The standard InChI is InChI=1S/C18H26F2N2O2/c1-18(2,3)16(23)22-10-4-9-21(11-12-22)13-14-5-7-15(8-6-14)24-17(19)20/h5-8,17H,4,9-13H2,1-3H3. The maximum Gasteiger partial charge on any atom is 0.387 e. The summed E-state index contributed by atoms with van der Waals surface area (Å²) in [5.74, 6) is 0.365. The second kappa shape index (κ2) is 7.92. The lowest BCUT2D eigenvalue weighted by molar-refractivity contribution is -0.139. The van der Waals surface area contributed by atoms with E-state index in [1.807, 2.05) is 25.7 Å². The summed E-state index contributed by atoms with van der Waals surface area (Å²) in [6, 6.07) is 6.74. The topological polar surface area (TPSA) is 32.8 Å². The molecule has 6 heteroatoms. The Hall–Kier alpha value is -1.69. The SMILES string of the molecule is CC(C)(C)C(=O)N1CCCN(Cc2ccc(OC(F)F)cc2)CC1. The predicted molar refractivity (Wildman–Crippen MR) is 89.0 cm³/mol. The lowest BCUT2D eigenvalue weighted by Crippen LogP contribution is -2.41. The Morgan fingerprint density at radius 3 is 2.38 bits per heavy atom. The zero-order valence-electron chi connectivity index (χ0n) is 14.6. The van der Waals surface area contributed by atoms with Crippen molar-refractivity contribution in [3.05, 3.63) is 29.8 Å². The molecule has 1 aliphatic rings. The van der Waals surface area contributed by atoms with E-state index in [4.69, 9.17) is 0 Å². The van der Waals surface area contributed by atoms with Crippen LogP contribution in [-0.4, -0.2) is 48.5 Å². The quantitative estimate of drug-likeness (QED) is 0.842. The smallest absolute Gasteiger partial charge is 0.387 e. The molecule has 1 aliphatic heterocycles. The Morgan fingerprint density at radius 1 is 1.12 bits per heavy atom. The molecule has 0 radical (unpaired) electrons. The number of alkyl halides is 2. The summed E-state index contributed by atoms with van der Waals surface area (Å²) < 4.78 is 28.7. The molecule has 1 fully saturated rings. The van der Waals surface area contributed by atoms with Gasteiger partial charge in [0.15, 0.2) is 0 Å². The normalized spacial score (nSPS) is 17.0. The summed E-state index contributed by atoms with van der Waals surface area (Å²) in [5.41, 5.74) is 0.697. The first-order valence-electron chi connectivity index (χ1n) is 8.31. The molecule has 1 aromatic carbocycles. The van der Waals surface area contributed by atoms with Crippen molar-refractivity contribution in [2.45, 2.75) is 40.3 Å². The molecule has 0 aromatic heterocycles. The highest BCUT2D eigenvalue weighted by Gasteiger charge is 2.28. The van der Waals surface area contributed by atoms with Crippen LogP contribution in [0.2, 0.25) is 0 Å². The van der Waals surface area contributed by atoms with Crippen LogP contribution in [0, 0.1) is 5.41 Å². The second-order valence-electron chi connectivity index (χ2n) is 7.19. The fourth-order valence-corrected chi connectivity index (χ4v) is 2.84. The van der Waals surface area contributed by atoms with Gasteiger partial charge in [-0.15, -0.1) is 0 Å². The van der Waals surface area contributed by atoms with Gasteiger partial charge in [0.1, 0.15) is 5.75 Å². The zero-order chi connectivity index (χ0) is 17.7. The van der Waals surface area contributed by atoms with Gasteiger partial charge in [-0.3, -0.25) is 9.69 Å². The molecule has 1 heterocycles. The maximum absolute atomic E-state index is 12.4. The van der Waals surface area contributed by atoms with E-state index in [9.17, 15) is 13.6 Å². The van der Waals surface area contributed by atoms with Crippen molar-refractivity contribution >= 4 is 5.91 Å². The number of amides is 1. The summed E-state index contributed by atoms with van der Waals surface area (Å²) in [7, 11) is 0. The molecule has 134 valence electrons. The number of ether oxygens (including phenoxy) is 1.